The van der Waals surface area contributed by atoms with Crippen LogP contribution >= 0.6 is 0 Å². The number of allylic oxidation sites excluding steroid dienone is 1. The zero-order valence-electron chi connectivity index (χ0n) is 8.38. The Morgan fingerprint density at radius 1 is 1.54 bits per heavy atom. The van der Waals surface area contributed by atoms with Crippen LogP contribution in [0.1, 0.15) is 0 Å². The van der Waals surface area contributed by atoms with E-state index in [1.54, 1.807) is 6.21 Å². The largest absolute Gasteiger partial charge is 0.384 e. The van der Waals surface area contributed by atoms with Crippen LogP contribution in [0.4, 0.5) is 0 Å². The predicted molar refractivity (Wildman–Crippen MR) is 57.5 cm³/mol. The van der Waals surface area contributed by atoms with Gasteiger partial charge in [0.2, 0.25) is 0 Å². The topological polar surface area (TPSA) is 53.6 Å². The van der Waals surface area contributed by atoms with E-state index in [-0.39, 0.29) is 5.82 Å². The van der Waals surface area contributed by atoms with Crippen LogP contribution in [0.15, 0.2) is 29.7 Å². The number of likely N-dealkylation sites (N-methyl/N-ethyl adjacent to an activating group) is 1. The smallest absolute Gasteiger partial charge is 0.116 e. The number of nitrogens with zero attached hydrogens (tertiary/aromatic N) is 2. The minimum atomic E-state index is 0.288. The van der Waals surface area contributed by atoms with Gasteiger partial charge in [-0.1, -0.05) is 13.2 Å². The summed E-state index contributed by atoms with van der Waals surface area (Å²) in [6.45, 7) is 8.98. The van der Waals surface area contributed by atoms with Gasteiger partial charge in [-0.15, -0.1) is 0 Å². The molecule has 4 nitrogen and oxygen atoms in total. The van der Waals surface area contributed by atoms with E-state index in [9.17, 15) is 0 Å². The van der Waals surface area contributed by atoms with Crippen molar-refractivity contribution in [1.29, 1.82) is 0 Å². The van der Waals surface area contributed by atoms with Gasteiger partial charge in [0, 0.05) is 18.8 Å². The molecule has 0 saturated heterocycles. The first-order valence-corrected chi connectivity index (χ1v) is 4.08. The number of hydrogen-bond donors (Lipinski definition) is 2. The Bertz CT molecular complexity index is 206. The second kappa shape index (κ2) is 6.25. The standard InChI is InChI=1S/C9H18N4/c1-8(7-12-9(2)10)11-5-6-13(3)4/h7,11H,1-2,5-6,10H2,3-4H3. The highest BCUT2D eigenvalue weighted by Crippen LogP contribution is 1.83. The molecular formula is C9H18N4. The summed E-state index contributed by atoms with van der Waals surface area (Å²) < 4.78 is 0. The molecule has 0 aromatic carbocycles. The van der Waals surface area contributed by atoms with Crippen molar-refractivity contribution in [2.75, 3.05) is 27.2 Å². The van der Waals surface area contributed by atoms with Crippen LogP contribution in [0, 0.1) is 0 Å². The zero-order valence-corrected chi connectivity index (χ0v) is 8.38. The summed E-state index contributed by atoms with van der Waals surface area (Å²) in [4.78, 5) is 5.89. The molecule has 0 saturated carbocycles. The maximum absolute atomic E-state index is 5.25. The van der Waals surface area contributed by atoms with Gasteiger partial charge < -0.3 is 16.0 Å². The molecule has 3 N–H and O–H groups in total. The van der Waals surface area contributed by atoms with E-state index in [1.165, 1.54) is 0 Å². The van der Waals surface area contributed by atoms with Crippen LogP contribution in [0.5, 0.6) is 0 Å². The molecular weight excluding hydrogens is 164 g/mol. The summed E-state index contributed by atoms with van der Waals surface area (Å²) in [6, 6.07) is 0. The summed E-state index contributed by atoms with van der Waals surface area (Å²) in [5.74, 6) is 0.288. The fourth-order valence-electron chi connectivity index (χ4n) is 0.647. The van der Waals surface area contributed by atoms with E-state index in [4.69, 9.17) is 5.73 Å². The highest BCUT2D eigenvalue weighted by atomic mass is 15.1. The Balaban J connectivity index is 3.58. The van der Waals surface area contributed by atoms with Crippen molar-refractivity contribution < 1.29 is 0 Å². The molecule has 0 aliphatic rings. The highest BCUT2D eigenvalue weighted by Gasteiger charge is 1.90. The maximum Gasteiger partial charge on any atom is 0.116 e. The van der Waals surface area contributed by atoms with E-state index >= 15 is 0 Å². The van der Waals surface area contributed by atoms with Crippen LogP contribution in [0.25, 0.3) is 0 Å². The lowest BCUT2D eigenvalue weighted by Gasteiger charge is -2.10. The van der Waals surface area contributed by atoms with Gasteiger partial charge in [-0.05, 0) is 14.1 Å². The Morgan fingerprint density at radius 3 is 2.62 bits per heavy atom. The van der Waals surface area contributed by atoms with E-state index in [1.807, 2.05) is 14.1 Å². The minimum Gasteiger partial charge on any atom is -0.384 e. The molecule has 0 rings (SSSR count). The van der Waals surface area contributed by atoms with Crippen LogP contribution < -0.4 is 11.1 Å². The van der Waals surface area contributed by atoms with E-state index in [2.05, 4.69) is 28.4 Å². The van der Waals surface area contributed by atoms with E-state index < -0.39 is 0 Å². The van der Waals surface area contributed by atoms with Crippen molar-refractivity contribution in [2.24, 2.45) is 10.7 Å². The molecule has 0 bridgehead atoms. The van der Waals surface area contributed by atoms with Crippen LogP contribution in [-0.2, 0) is 0 Å². The summed E-state index contributed by atoms with van der Waals surface area (Å²) in [5, 5.41) is 3.09. The molecule has 0 unspecified atom stereocenters. The molecule has 0 spiro atoms. The van der Waals surface area contributed by atoms with Crippen LogP contribution in [0.2, 0.25) is 0 Å². The Morgan fingerprint density at radius 2 is 2.15 bits per heavy atom. The first-order chi connectivity index (χ1) is 6.02. The predicted octanol–water partition coefficient (Wildman–Crippen LogP) is 0.152. The molecule has 0 aromatic heterocycles. The summed E-state index contributed by atoms with van der Waals surface area (Å²) >= 11 is 0. The molecule has 0 heterocycles. The van der Waals surface area contributed by atoms with Crippen molar-refractivity contribution in [1.82, 2.24) is 10.2 Å². The van der Waals surface area contributed by atoms with Crippen LogP contribution in [0.3, 0.4) is 0 Å². The third-order valence-electron chi connectivity index (χ3n) is 1.30. The molecule has 0 aliphatic heterocycles. The van der Waals surface area contributed by atoms with Crippen molar-refractivity contribution >= 4 is 6.21 Å². The second-order valence-electron chi connectivity index (χ2n) is 3.00. The summed E-state index contributed by atoms with van der Waals surface area (Å²) in [7, 11) is 4.03. The quantitative estimate of drug-likeness (QED) is 0.575. The number of nitrogens with one attached hydrogen (secondary N) is 1. The van der Waals surface area contributed by atoms with Gasteiger partial charge in [-0.2, -0.15) is 0 Å². The van der Waals surface area contributed by atoms with Crippen molar-refractivity contribution in [3.63, 3.8) is 0 Å². The second-order valence-corrected chi connectivity index (χ2v) is 3.00. The van der Waals surface area contributed by atoms with Gasteiger partial charge in [0.05, 0.1) is 6.21 Å². The number of rotatable bonds is 6. The molecule has 0 atom stereocenters. The highest BCUT2D eigenvalue weighted by molar-refractivity contribution is 5.77. The third kappa shape index (κ3) is 8.62. The monoisotopic (exact) mass is 182 g/mol. The fourth-order valence-corrected chi connectivity index (χ4v) is 0.647. The molecule has 4 heteroatoms. The number of nitrogens with two attached hydrogens (primary N) is 1. The molecule has 0 aliphatic carbocycles. The van der Waals surface area contributed by atoms with Crippen molar-refractivity contribution in [2.45, 2.75) is 0 Å². The summed E-state index contributed by atoms with van der Waals surface area (Å²) in [6.07, 6.45) is 1.57. The molecule has 0 aromatic rings. The molecule has 13 heavy (non-hydrogen) atoms. The fraction of sp³-hybridized carbons (Fsp3) is 0.444. The average molecular weight is 182 g/mol. The molecule has 0 fully saturated rings. The number of aliphatic imine (C=N–C) groups is 1. The summed E-state index contributed by atoms with van der Waals surface area (Å²) in [5.41, 5.74) is 5.99. The van der Waals surface area contributed by atoms with Gasteiger partial charge in [0.25, 0.3) is 0 Å². The lowest BCUT2D eigenvalue weighted by Crippen LogP contribution is -2.26. The Kier molecular flexibility index (Phi) is 5.63. The first-order valence-electron chi connectivity index (χ1n) is 4.08. The van der Waals surface area contributed by atoms with Crippen molar-refractivity contribution in [3.8, 4) is 0 Å². The minimum absolute atomic E-state index is 0.288. The maximum atomic E-state index is 5.25. The number of hydrogen-bond acceptors (Lipinski definition) is 4. The first kappa shape index (κ1) is 11.7. The van der Waals surface area contributed by atoms with Crippen molar-refractivity contribution in [3.05, 3.63) is 24.7 Å². The molecule has 0 amide bonds. The molecule has 74 valence electrons. The lowest BCUT2D eigenvalue weighted by molar-refractivity contribution is 0.409. The van der Waals surface area contributed by atoms with Gasteiger partial charge in [0.1, 0.15) is 5.82 Å². The molecule has 0 radical (unpaired) electrons. The van der Waals surface area contributed by atoms with Gasteiger partial charge >= 0.3 is 0 Å². The Hall–Kier alpha value is -1.29. The van der Waals surface area contributed by atoms with E-state index in [0.717, 1.165) is 18.8 Å². The zero-order chi connectivity index (χ0) is 10.3. The SMILES string of the molecule is C=C(N)N=CC(=C)NCCN(C)C. The normalized spacial score (nSPS) is 10.7. The lowest BCUT2D eigenvalue weighted by atomic mass is 10.5. The average Bonchev–Trinajstić information content (AvgIpc) is 2.00. The van der Waals surface area contributed by atoms with Crippen LogP contribution in [-0.4, -0.2) is 38.3 Å². The third-order valence-corrected chi connectivity index (χ3v) is 1.30. The van der Waals surface area contributed by atoms with Gasteiger partial charge in [-0.3, -0.25) is 0 Å². The van der Waals surface area contributed by atoms with Gasteiger partial charge in [0.15, 0.2) is 0 Å². The Labute approximate surface area is 79.8 Å². The van der Waals surface area contributed by atoms with E-state index in [0.29, 0.717) is 0 Å². The van der Waals surface area contributed by atoms with Gasteiger partial charge in [-0.25, -0.2) is 4.99 Å².